The largest absolute Gasteiger partial charge is 0.354 e. The third-order valence-electron chi connectivity index (χ3n) is 4.15. The van der Waals surface area contributed by atoms with Crippen LogP contribution in [0.15, 0.2) is 24.3 Å². The first-order chi connectivity index (χ1) is 9.16. The highest BCUT2D eigenvalue weighted by atomic mass is 35.5. The number of hydrogen-bond donors (Lipinski definition) is 2. The summed E-state index contributed by atoms with van der Waals surface area (Å²) in [7, 11) is 1.80. The maximum absolute atomic E-state index is 11.7. The summed E-state index contributed by atoms with van der Waals surface area (Å²) < 4.78 is 0. The van der Waals surface area contributed by atoms with Gasteiger partial charge in [-0.3, -0.25) is 4.79 Å². The number of hydrogen-bond acceptors (Lipinski definition) is 2. The lowest BCUT2D eigenvalue weighted by molar-refractivity contribution is -0.120. The molecule has 1 aromatic carbocycles. The van der Waals surface area contributed by atoms with Gasteiger partial charge in [-0.15, -0.1) is 12.4 Å². The van der Waals surface area contributed by atoms with Crippen molar-refractivity contribution < 1.29 is 4.79 Å². The molecule has 3 nitrogen and oxygen atoms in total. The van der Waals surface area contributed by atoms with Gasteiger partial charge >= 0.3 is 0 Å². The third-order valence-corrected chi connectivity index (χ3v) is 4.15. The van der Waals surface area contributed by atoms with E-state index in [-0.39, 0.29) is 23.7 Å². The monoisotopic (exact) mass is 296 g/mol. The van der Waals surface area contributed by atoms with E-state index in [1.54, 1.807) is 7.05 Å². The van der Waals surface area contributed by atoms with Crippen LogP contribution in [-0.4, -0.2) is 26.0 Å². The molecule has 1 amide bonds. The Morgan fingerprint density at radius 3 is 2.60 bits per heavy atom. The predicted molar refractivity (Wildman–Crippen MR) is 85.5 cm³/mol. The Bertz CT molecular complexity index is 442. The summed E-state index contributed by atoms with van der Waals surface area (Å²) >= 11 is 0. The molecule has 1 saturated carbocycles. The van der Waals surface area contributed by atoms with Crippen molar-refractivity contribution in [2.45, 2.75) is 38.0 Å². The van der Waals surface area contributed by atoms with Gasteiger partial charge in [0.25, 0.3) is 0 Å². The highest BCUT2D eigenvalue weighted by molar-refractivity contribution is 5.85. The van der Waals surface area contributed by atoms with Gasteiger partial charge in [-0.1, -0.05) is 42.7 Å². The van der Waals surface area contributed by atoms with Crippen LogP contribution in [0.25, 0.3) is 0 Å². The van der Waals surface area contributed by atoms with Gasteiger partial charge in [-0.05, 0) is 32.4 Å². The van der Waals surface area contributed by atoms with E-state index >= 15 is 0 Å². The van der Waals surface area contributed by atoms with Crippen LogP contribution in [-0.2, 0) is 10.2 Å². The quantitative estimate of drug-likeness (QED) is 0.877. The molecule has 2 rings (SSSR count). The van der Waals surface area contributed by atoms with Crippen molar-refractivity contribution in [2.24, 2.45) is 0 Å². The van der Waals surface area contributed by atoms with Crippen LogP contribution in [0.5, 0.6) is 0 Å². The van der Waals surface area contributed by atoms with E-state index in [1.807, 2.05) is 0 Å². The summed E-state index contributed by atoms with van der Waals surface area (Å²) in [5.74, 6) is 0.0847. The second-order valence-corrected chi connectivity index (χ2v) is 5.66. The first-order valence-electron chi connectivity index (χ1n) is 7.15. The zero-order chi connectivity index (χ0) is 13.7. The Morgan fingerprint density at radius 1 is 1.30 bits per heavy atom. The summed E-state index contributed by atoms with van der Waals surface area (Å²) in [4.78, 5) is 11.7. The normalized spacial score (nSPS) is 16.5. The van der Waals surface area contributed by atoms with Crippen molar-refractivity contribution in [1.82, 2.24) is 10.6 Å². The number of nitrogens with one attached hydrogen (secondary N) is 2. The summed E-state index contributed by atoms with van der Waals surface area (Å²) in [6, 6.07) is 8.74. The summed E-state index contributed by atoms with van der Waals surface area (Å²) in [6.45, 7) is 3.28. The van der Waals surface area contributed by atoms with Gasteiger partial charge in [0.15, 0.2) is 0 Å². The minimum absolute atomic E-state index is 0. The molecule has 0 heterocycles. The molecule has 0 bridgehead atoms. The van der Waals surface area contributed by atoms with Crippen LogP contribution in [0.1, 0.15) is 36.8 Å². The molecule has 0 saturated heterocycles. The lowest BCUT2D eigenvalue weighted by atomic mass is 9.78. The smallest absolute Gasteiger partial charge is 0.233 e. The van der Waals surface area contributed by atoms with Crippen LogP contribution < -0.4 is 10.6 Å². The van der Waals surface area contributed by atoms with Gasteiger partial charge in [0.1, 0.15) is 0 Å². The van der Waals surface area contributed by atoms with Gasteiger partial charge in [-0.2, -0.15) is 0 Å². The fourth-order valence-electron chi connectivity index (χ4n) is 3.09. The first-order valence-corrected chi connectivity index (χ1v) is 7.15. The van der Waals surface area contributed by atoms with E-state index in [4.69, 9.17) is 0 Å². The van der Waals surface area contributed by atoms with Gasteiger partial charge in [0.2, 0.25) is 5.91 Å². The van der Waals surface area contributed by atoms with E-state index in [0.717, 1.165) is 6.54 Å². The summed E-state index contributed by atoms with van der Waals surface area (Å²) in [6.07, 6.45) is 4.87. The van der Waals surface area contributed by atoms with Crippen molar-refractivity contribution in [3.63, 3.8) is 0 Å². The minimum atomic E-state index is 0. The number of halogens is 1. The molecule has 0 spiro atoms. The van der Waals surface area contributed by atoms with Crippen LogP contribution in [0.3, 0.4) is 0 Å². The lowest BCUT2D eigenvalue weighted by Gasteiger charge is -2.30. The number of carbonyl (C=O) groups excluding carboxylic acids is 1. The third kappa shape index (κ3) is 3.97. The maximum Gasteiger partial charge on any atom is 0.233 e. The van der Waals surface area contributed by atoms with Crippen molar-refractivity contribution in [2.75, 3.05) is 20.1 Å². The molecule has 0 radical (unpaired) electrons. The van der Waals surface area contributed by atoms with Crippen LogP contribution in [0.4, 0.5) is 0 Å². The van der Waals surface area contributed by atoms with E-state index in [1.165, 1.54) is 36.8 Å². The molecule has 4 heteroatoms. The Balaban J connectivity index is 0.00000200. The number of benzene rings is 1. The molecule has 0 atom stereocenters. The highest BCUT2D eigenvalue weighted by Crippen LogP contribution is 2.40. The molecule has 1 aliphatic carbocycles. The number of amides is 1. The van der Waals surface area contributed by atoms with E-state index in [2.05, 4.69) is 41.8 Å². The topological polar surface area (TPSA) is 41.1 Å². The lowest BCUT2D eigenvalue weighted by Crippen LogP contribution is -2.41. The summed E-state index contributed by atoms with van der Waals surface area (Å²) in [5.41, 5.74) is 2.83. The molecular formula is C16H25ClN2O. The van der Waals surface area contributed by atoms with Crippen LogP contribution in [0.2, 0.25) is 0 Å². The van der Waals surface area contributed by atoms with Crippen LogP contribution >= 0.6 is 12.4 Å². The SMILES string of the molecule is CNCC(=O)NCC1(c2cccc(C)c2)CCCC1.Cl. The number of aryl methyl sites for hydroxylation is 1. The standard InChI is InChI=1S/C16H24N2O.ClH/c1-13-6-5-7-14(10-13)16(8-3-4-9-16)12-18-15(19)11-17-2;/h5-7,10,17H,3-4,8-9,11-12H2,1-2H3,(H,18,19);1H. The molecule has 0 unspecified atom stereocenters. The Kier molecular flexibility index (Phi) is 6.50. The van der Waals surface area contributed by atoms with Gasteiger partial charge in [0.05, 0.1) is 6.54 Å². The average molecular weight is 297 g/mol. The van der Waals surface area contributed by atoms with Crippen LogP contribution in [0, 0.1) is 6.92 Å². The highest BCUT2D eigenvalue weighted by Gasteiger charge is 2.35. The van der Waals surface area contributed by atoms with E-state index in [0.29, 0.717) is 6.54 Å². The van der Waals surface area contributed by atoms with E-state index < -0.39 is 0 Å². The fourth-order valence-corrected chi connectivity index (χ4v) is 3.09. The molecule has 0 aromatic heterocycles. The maximum atomic E-state index is 11.7. The molecule has 112 valence electrons. The molecule has 2 N–H and O–H groups in total. The fraction of sp³-hybridized carbons (Fsp3) is 0.562. The number of carbonyl (C=O) groups is 1. The Labute approximate surface area is 127 Å². The second kappa shape index (κ2) is 7.65. The molecular weight excluding hydrogens is 272 g/mol. The summed E-state index contributed by atoms with van der Waals surface area (Å²) in [5, 5.41) is 5.98. The molecule has 0 aliphatic heterocycles. The number of rotatable bonds is 5. The molecule has 20 heavy (non-hydrogen) atoms. The number of likely N-dealkylation sites (N-methyl/N-ethyl adjacent to an activating group) is 1. The Morgan fingerprint density at radius 2 is 2.00 bits per heavy atom. The molecule has 1 aromatic rings. The first kappa shape index (κ1) is 17.0. The van der Waals surface area contributed by atoms with Crippen molar-refractivity contribution in [3.05, 3.63) is 35.4 Å². The zero-order valence-electron chi connectivity index (χ0n) is 12.4. The van der Waals surface area contributed by atoms with Gasteiger partial charge in [-0.25, -0.2) is 0 Å². The predicted octanol–water partition coefficient (Wildman–Crippen LogP) is 2.56. The zero-order valence-corrected chi connectivity index (χ0v) is 13.2. The molecule has 1 fully saturated rings. The van der Waals surface area contributed by atoms with E-state index in [9.17, 15) is 4.79 Å². The van der Waals surface area contributed by atoms with Crippen molar-refractivity contribution >= 4 is 18.3 Å². The average Bonchev–Trinajstić information content (AvgIpc) is 2.87. The Hall–Kier alpha value is -1.06. The molecule has 1 aliphatic rings. The van der Waals surface area contributed by atoms with Crippen molar-refractivity contribution in [1.29, 1.82) is 0 Å². The van der Waals surface area contributed by atoms with Gasteiger partial charge in [0, 0.05) is 12.0 Å². The second-order valence-electron chi connectivity index (χ2n) is 5.66. The van der Waals surface area contributed by atoms with Crippen molar-refractivity contribution in [3.8, 4) is 0 Å². The van der Waals surface area contributed by atoms with Gasteiger partial charge < -0.3 is 10.6 Å². The minimum Gasteiger partial charge on any atom is -0.354 e.